The summed E-state index contributed by atoms with van der Waals surface area (Å²) < 4.78 is 8.74. The second-order valence-electron chi connectivity index (χ2n) is 6.09. The average molecular weight is 389 g/mol. The van der Waals surface area contributed by atoms with E-state index in [0.29, 0.717) is 35.1 Å². The van der Waals surface area contributed by atoms with Gasteiger partial charge in [0.2, 0.25) is 0 Å². The van der Waals surface area contributed by atoms with E-state index in [1.807, 2.05) is 6.92 Å². The summed E-state index contributed by atoms with van der Waals surface area (Å²) in [7, 11) is 0. The molecule has 1 amide bonds. The minimum atomic E-state index is -0.271. The van der Waals surface area contributed by atoms with Crippen molar-refractivity contribution in [1.82, 2.24) is 4.57 Å². The summed E-state index contributed by atoms with van der Waals surface area (Å²) >= 11 is 7.44. The van der Waals surface area contributed by atoms with E-state index in [2.05, 4.69) is 35.5 Å². The first-order chi connectivity index (χ1) is 12.5. The number of carbonyl (C=O) groups is 1. The summed E-state index contributed by atoms with van der Waals surface area (Å²) in [5.41, 5.74) is 4.00. The van der Waals surface area contributed by atoms with E-state index in [1.165, 1.54) is 22.5 Å². The molecule has 0 atom stereocenters. The van der Waals surface area contributed by atoms with Gasteiger partial charge in [-0.2, -0.15) is 4.99 Å². The topological polar surface area (TPSA) is 43.6 Å². The van der Waals surface area contributed by atoms with Gasteiger partial charge >= 0.3 is 0 Å². The highest BCUT2D eigenvalue weighted by Crippen LogP contribution is 2.23. The fraction of sp³-hybridized carbons (Fsp3) is 0.300. The number of benzene rings is 2. The van der Waals surface area contributed by atoms with Crippen LogP contribution in [0.15, 0.2) is 41.4 Å². The van der Waals surface area contributed by atoms with Crippen molar-refractivity contribution >= 4 is 39.1 Å². The van der Waals surface area contributed by atoms with Crippen molar-refractivity contribution in [1.29, 1.82) is 0 Å². The van der Waals surface area contributed by atoms with Gasteiger partial charge in [-0.05, 0) is 62.2 Å². The van der Waals surface area contributed by atoms with E-state index in [1.54, 1.807) is 24.3 Å². The molecule has 0 saturated carbocycles. The normalized spacial score (nSPS) is 12.1. The molecule has 6 heteroatoms. The first kappa shape index (κ1) is 18.8. The quantitative estimate of drug-likeness (QED) is 0.592. The Morgan fingerprint density at radius 2 is 1.96 bits per heavy atom. The maximum Gasteiger partial charge on any atom is 0.279 e. The third-order valence-electron chi connectivity index (χ3n) is 4.07. The number of amides is 1. The van der Waals surface area contributed by atoms with Gasteiger partial charge in [0.05, 0.1) is 16.8 Å². The zero-order chi connectivity index (χ0) is 18.7. The largest absolute Gasteiger partial charge is 0.380 e. The Labute approximate surface area is 161 Å². The highest BCUT2D eigenvalue weighted by molar-refractivity contribution is 7.16. The van der Waals surface area contributed by atoms with Crippen LogP contribution in [-0.4, -0.2) is 23.7 Å². The summed E-state index contributed by atoms with van der Waals surface area (Å²) in [6.07, 6.45) is 0. The minimum Gasteiger partial charge on any atom is -0.380 e. The van der Waals surface area contributed by atoms with Crippen molar-refractivity contribution in [2.24, 2.45) is 4.99 Å². The van der Waals surface area contributed by atoms with E-state index in [-0.39, 0.29) is 5.91 Å². The fourth-order valence-corrected chi connectivity index (χ4v) is 4.09. The lowest BCUT2D eigenvalue weighted by Gasteiger charge is -2.07. The van der Waals surface area contributed by atoms with Crippen LogP contribution in [0.3, 0.4) is 0 Å². The molecule has 0 aliphatic carbocycles. The van der Waals surface area contributed by atoms with Gasteiger partial charge in [-0.1, -0.05) is 29.0 Å². The lowest BCUT2D eigenvalue weighted by Crippen LogP contribution is -2.19. The lowest BCUT2D eigenvalue weighted by molar-refractivity contribution is 0.0996. The lowest BCUT2D eigenvalue weighted by atomic mass is 10.1. The molecule has 2 aromatic carbocycles. The van der Waals surface area contributed by atoms with Crippen LogP contribution in [0.2, 0.25) is 5.02 Å². The number of hydrogen-bond donors (Lipinski definition) is 0. The fourth-order valence-electron chi connectivity index (χ4n) is 2.86. The second kappa shape index (κ2) is 8.16. The SMILES string of the molecule is CCOCCn1c(=NC(=O)c2ccc(Cl)cc2)sc2c(C)cc(C)cc21. The molecule has 4 nitrogen and oxygen atoms in total. The molecule has 0 unspecified atom stereocenters. The number of aromatic nitrogens is 1. The summed E-state index contributed by atoms with van der Waals surface area (Å²) in [5, 5.41) is 0.598. The molecule has 26 heavy (non-hydrogen) atoms. The van der Waals surface area contributed by atoms with Crippen LogP contribution < -0.4 is 4.80 Å². The minimum absolute atomic E-state index is 0.271. The maximum atomic E-state index is 12.6. The predicted octanol–water partition coefficient (Wildman–Crippen LogP) is 4.75. The zero-order valence-electron chi connectivity index (χ0n) is 15.1. The molecule has 0 bridgehead atoms. The van der Waals surface area contributed by atoms with Gasteiger partial charge in [0.15, 0.2) is 4.80 Å². The predicted molar refractivity (Wildman–Crippen MR) is 107 cm³/mol. The molecular weight excluding hydrogens is 368 g/mol. The van der Waals surface area contributed by atoms with Crippen LogP contribution in [0, 0.1) is 13.8 Å². The van der Waals surface area contributed by atoms with Gasteiger partial charge in [-0.3, -0.25) is 4.79 Å². The first-order valence-electron chi connectivity index (χ1n) is 8.52. The van der Waals surface area contributed by atoms with Crippen molar-refractivity contribution in [2.75, 3.05) is 13.2 Å². The van der Waals surface area contributed by atoms with Gasteiger partial charge in [0.1, 0.15) is 0 Å². The van der Waals surface area contributed by atoms with Gasteiger partial charge in [0.25, 0.3) is 5.91 Å². The van der Waals surface area contributed by atoms with Crippen LogP contribution in [0.4, 0.5) is 0 Å². The van der Waals surface area contributed by atoms with Gasteiger partial charge < -0.3 is 9.30 Å². The molecule has 0 spiro atoms. The zero-order valence-corrected chi connectivity index (χ0v) is 16.7. The Morgan fingerprint density at radius 3 is 2.65 bits per heavy atom. The van der Waals surface area contributed by atoms with E-state index >= 15 is 0 Å². The van der Waals surface area contributed by atoms with Gasteiger partial charge in [0, 0.05) is 23.7 Å². The maximum absolute atomic E-state index is 12.6. The summed E-state index contributed by atoms with van der Waals surface area (Å²) in [6, 6.07) is 11.1. The van der Waals surface area contributed by atoms with E-state index in [9.17, 15) is 4.79 Å². The van der Waals surface area contributed by atoms with Crippen molar-refractivity contribution in [3.8, 4) is 0 Å². The van der Waals surface area contributed by atoms with Crippen LogP contribution in [0.5, 0.6) is 0 Å². The molecule has 1 heterocycles. The molecular formula is C20H21ClN2O2S. The summed E-state index contributed by atoms with van der Waals surface area (Å²) in [6.45, 7) is 8.04. The highest BCUT2D eigenvalue weighted by atomic mass is 35.5. The van der Waals surface area contributed by atoms with Crippen molar-refractivity contribution < 1.29 is 9.53 Å². The second-order valence-corrected chi connectivity index (χ2v) is 7.50. The van der Waals surface area contributed by atoms with Crippen LogP contribution >= 0.6 is 22.9 Å². The third-order valence-corrected chi connectivity index (χ3v) is 5.55. The number of nitrogens with zero attached hydrogens (tertiary/aromatic N) is 2. The smallest absolute Gasteiger partial charge is 0.279 e. The number of aryl methyl sites for hydroxylation is 2. The number of carbonyl (C=O) groups excluding carboxylic acids is 1. The molecule has 0 aliphatic rings. The number of fused-ring (bicyclic) bond motifs is 1. The molecule has 136 valence electrons. The first-order valence-corrected chi connectivity index (χ1v) is 9.72. The number of rotatable bonds is 5. The Bertz CT molecular complexity index is 1000. The van der Waals surface area contributed by atoms with E-state index < -0.39 is 0 Å². The average Bonchev–Trinajstić information content (AvgIpc) is 2.93. The standard InChI is InChI=1S/C20H21ClN2O2S/c1-4-25-10-9-23-17-12-13(2)11-14(3)18(17)26-20(23)22-19(24)15-5-7-16(21)8-6-15/h5-8,11-12H,4,9-10H2,1-3H3. The Kier molecular flexibility index (Phi) is 5.91. The van der Waals surface area contributed by atoms with Crippen molar-refractivity contribution in [3.05, 3.63) is 62.9 Å². The molecule has 0 fully saturated rings. The number of ether oxygens (including phenoxy) is 1. The number of halogens is 1. The monoisotopic (exact) mass is 388 g/mol. The van der Waals surface area contributed by atoms with Crippen LogP contribution in [-0.2, 0) is 11.3 Å². The van der Waals surface area contributed by atoms with E-state index in [4.69, 9.17) is 16.3 Å². The van der Waals surface area contributed by atoms with Gasteiger partial charge in [-0.25, -0.2) is 0 Å². The molecule has 0 aliphatic heterocycles. The van der Waals surface area contributed by atoms with Crippen molar-refractivity contribution in [2.45, 2.75) is 27.3 Å². The molecule has 3 rings (SSSR count). The van der Waals surface area contributed by atoms with E-state index in [0.717, 1.165) is 10.2 Å². The Morgan fingerprint density at radius 1 is 1.23 bits per heavy atom. The molecule has 0 radical (unpaired) electrons. The molecule has 0 N–H and O–H groups in total. The summed E-state index contributed by atoms with van der Waals surface area (Å²) in [4.78, 5) is 17.7. The van der Waals surface area contributed by atoms with Crippen LogP contribution in [0.1, 0.15) is 28.4 Å². The number of thiazole rings is 1. The molecule has 1 aromatic heterocycles. The Hall–Kier alpha value is -1.95. The summed E-state index contributed by atoms with van der Waals surface area (Å²) in [5.74, 6) is -0.271. The molecule has 0 saturated heterocycles. The molecule has 3 aromatic rings. The van der Waals surface area contributed by atoms with Crippen LogP contribution in [0.25, 0.3) is 10.2 Å². The van der Waals surface area contributed by atoms with Crippen molar-refractivity contribution in [3.63, 3.8) is 0 Å². The highest BCUT2D eigenvalue weighted by Gasteiger charge is 2.11. The van der Waals surface area contributed by atoms with Gasteiger partial charge in [-0.15, -0.1) is 0 Å². The Balaban J connectivity index is 2.10. The third kappa shape index (κ3) is 4.06. The number of hydrogen-bond acceptors (Lipinski definition) is 3.